The molecule has 0 N–H and O–H groups in total. The van der Waals surface area contributed by atoms with Crippen LogP contribution in [0.3, 0.4) is 0 Å². The molecule has 0 bridgehead atoms. The van der Waals surface area contributed by atoms with E-state index >= 15 is 0 Å². The number of halogens is 1. The average molecular weight is 421 g/mol. The number of ether oxygens (including phenoxy) is 2. The molecule has 0 amide bonds. The molecule has 1 fully saturated rings. The van der Waals surface area contributed by atoms with E-state index in [0.29, 0.717) is 0 Å². The monoisotopic (exact) mass is 420 g/mol. The van der Waals surface area contributed by atoms with Crippen LogP contribution in [0.25, 0.3) is 0 Å². The summed E-state index contributed by atoms with van der Waals surface area (Å²) < 4.78 is 11.7. The van der Waals surface area contributed by atoms with E-state index in [1.807, 2.05) is 54.6 Å². The van der Waals surface area contributed by atoms with Crippen LogP contribution in [0.4, 0.5) is 0 Å². The number of carbonyl (C=O) groups is 2. The summed E-state index contributed by atoms with van der Waals surface area (Å²) >= 11 is 4.73. The predicted octanol–water partition coefficient (Wildman–Crippen LogP) is 4.39. The minimum absolute atomic E-state index is 0.263. The second-order valence-corrected chi connectivity index (χ2v) is 7.67. The maximum absolute atomic E-state index is 12.6. The van der Waals surface area contributed by atoms with Crippen LogP contribution in [0.2, 0.25) is 0 Å². The number of esters is 2. The quantitative estimate of drug-likeness (QED) is 0.671. The van der Waals surface area contributed by atoms with E-state index in [4.69, 9.17) is 9.47 Å². The van der Waals surface area contributed by atoms with Gasteiger partial charge >= 0.3 is 11.9 Å². The third-order valence-corrected chi connectivity index (χ3v) is 5.70. The number of rotatable bonds is 5. The fourth-order valence-electron chi connectivity index (χ4n) is 2.75. The van der Waals surface area contributed by atoms with E-state index < -0.39 is 23.2 Å². The van der Waals surface area contributed by atoms with Gasteiger partial charge in [0.05, 0.1) is 6.61 Å². The van der Waals surface area contributed by atoms with Crippen molar-refractivity contribution in [2.24, 2.45) is 5.92 Å². The van der Waals surface area contributed by atoms with Gasteiger partial charge in [0.25, 0.3) is 0 Å². The summed E-state index contributed by atoms with van der Waals surface area (Å²) in [4.78, 5) is 26.0. The van der Waals surface area contributed by atoms with E-state index in [9.17, 15) is 9.59 Å². The Bertz CT molecular complexity index is 748. The van der Waals surface area contributed by atoms with Gasteiger partial charge in [0.2, 0.25) is 0 Å². The van der Waals surface area contributed by atoms with Gasteiger partial charge in [0.1, 0.15) is 17.3 Å². The Morgan fingerprint density at radius 2 is 1.84 bits per heavy atom. The molecule has 0 spiro atoms. The van der Waals surface area contributed by atoms with Crippen LogP contribution in [0.15, 0.2) is 64.0 Å². The molecule has 0 aromatic heterocycles. The highest BCUT2D eigenvalue weighted by molar-refractivity contribution is 9.10. The molecular formula is C19H17BrO4S. The van der Waals surface area contributed by atoms with Crippen molar-refractivity contribution in [1.29, 1.82) is 0 Å². The third kappa shape index (κ3) is 4.07. The zero-order valence-electron chi connectivity index (χ0n) is 13.6. The van der Waals surface area contributed by atoms with E-state index in [2.05, 4.69) is 15.9 Å². The minimum Gasteiger partial charge on any atom is -0.466 e. The Morgan fingerprint density at radius 1 is 1.16 bits per heavy atom. The summed E-state index contributed by atoms with van der Waals surface area (Å²) in [6.07, 6.45) is -0.638. The highest BCUT2D eigenvalue weighted by Gasteiger charge is 2.50. The van der Waals surface area contributed by atoms with Gasteiger partial charge < -0.3 is 9.47 Å². The molecule has 130 valence electrons. The molecule has 3 atom stereocenters. The molecule has 1 aliphatic rings. The van der Waals surface area contributed by atoms with Crippen molar-refractivity contribution >= 4 is 39.6 Å². The molecule has 3 rings (SSSR count). The Labute approximate surface area is 159 Å². The standard InChI is InChI=1S/C19H17BrO4S/c1-2-23-18(21)15-16(12-8-10-13(20)11-9-12)24-19(22)17(15)25-14-6-4-3-5-7-14/h3-11,15-17H,2H2,1H3. The van der Waals surface area contributed by atoms with Crippen molar-refractivity contribution in [3.8, 4) is 0 Å². The maximum Gasteiger partial charge on any atom is 0.321 e. The van der Waals surface area contributed by atoms with Crippen LogP contribution < -0.4 is 0 Å². The first kappa shape index (κ1) is 18.0. The molecule has 3 unspecified atom stereocenters. The van der Waals surface area contributed by atoms with Crippen LogP contribution in [-0.2, 0) is 19.1 Å². The Hall–Kier alpha value is -1.79. The zero-order valence-corrected chi connectivity index (χ0v) is 16.0. The van der Waals surface area contributed by atoms with Crippen LogP contribution >= 0.6 is 27.7 Å². The number of hydrogen-bond acceptors (Lipinski definition) is 5. The Kier molecular flexibility index (Phi) is 5.81. The van der Waals surface area contributed by atoms with Gasteiger partial charge in [-0.1, -0.05) is 46.3 Å². The third-order valence-electron chi connectivity index (χ3n) is 3.89. The number of cyclic esters (lactones) is 1. The molecule has 25 heavy (non-hydrogen) atoms. The van der Waals surface area contributed by atoms with Crippen LogP contribution in [0.5, 0.6) is 0 Å². The van der Waals surface area contributed by atoms with E-state index in [0.717, 1.165) is 14.9 Å². The number of thioether (sulfide) groups is 1. The SMILES string of the molecule is CCOC(=O)C1C(Sc2ccccc2)C(=O)OC1c1ccc(Br)cc1. The summed E-state index contributed by atoms with van der Waals surface area (Å²) in [5, 5.41) is -0.630. The fraction of sp³-hybridized carbons (Fsp3) is 0.263. The summed E-state index contributed by atoms with van der Waals surface area (Å²) in [5.74, 6) is -1.48. The van der Waals surface area contributed by atoms with Crippen molar-refractivity contribution < 1.29 is 19.1 Å². The summed E-state index contributed by atoms with van der Waals surface area (Å²) in [7, 11) is 0. The molecule has 0 radical (unpaired) electrons. The summed E-state index contributed by atoms with van der Waals surface area (Å²) in [5.41, 5.74) is 0.783. The first-order chi connectivity index (χ1) is 12.1. The molecule has 2 aromatic rings. The van der Waals surface area contributed by atoms with E-state index in [-0.39, 0.29) is 12.6 Å². The molecule has 4 nitrogen and oxygen atoms in total. The van der Waals surface area contributed by atoms with Crippen LogP contribution in [0.1, 0.15) is 18.6 Å². The van der Waals surface area contributed by atoms with Gasteiger partial charge in [-0.2, -0.15) is 0 Å². The van der Waals surface area contributed by atoms with Gasteiger partial charge in [0.15, 0.2) is 0 Å². The van der Waals surface area contributed by atoms with Gasteiger partial charge in [-0.25, -0.2) is 0 Å². The molecule has 1 heterocycles. The molecule has 2 aromatic carbocycles. The normalized spacial score (nSPS) is 22.5. The predicted molar refractivity (Wildman–Crippen MR) is 99.2 cm³/mol. The molecule has 0 aliphatic carbocycles. The second-order valence-electron chi connectivity index (χ2n) is 5.54. The maximum atomic E-state index is 12.6. The minimum atomic E-state index is -0.682. The van der Waals surface area contributed by atoms with Gasteiger partial charge in [-0.05, 0) is 36.8 Å². The first-order valence-electron chi connectivity index (χ1n) is 7.94. The molecule has 1 saturated heterocycles. The lowest BCUT2D eigenvalue weighted by atomic mass is 9.95. The van der Waals surface area contributed by atoms with Crippen LogP contribution in [0, 0.1) is 5.92 Å². The molecule has 1 aliphatic heterocycles. The highest BCUT2D eigenvalue weighted by atomic mass is 79.9. The Morgan fingerprint density at radius 3 is 2.48 bits per heavy atom. The smallest absolute Gasteiger partial charge is 0.321 e. The lowest BCUT2D eigenvalue weighted by Crippen LogP contribution is -2.29. The number of hydrogen-bond donors (Lipinski definition) is 0. The van der Waals surface area contributed by atoms with Crippen molar-refractivity contribution in [1.82, 2.24) is 0 Å². The topological polar surface area (TPSA) is 52.6 Å². The van der Waals surface area contributed by atoms with Gasteiger partial charge in [-0.15, -0.1) is 11.8 Å². The van der Waals surface area contributed by atoms with E-state index in [1.165, 1.54) is 11.8 Å². The molecular weight excluding hydrogens is 404 g/mol. The van der Waals surface area contributed by atoms with Crippen molar-refractivity contribution in [3.05, 3.63) is 64.6 Å². The van der Waals surface area contributed by atoms with Crippen LogP contribution in [-0.4, -0.2) is 23.8 Å². The lowest BCUT2D eigenvalue weighted by Gasteiger charge is -2.19. The largest absolute Gasteiger partial charge is 0.466 e. The Balaban J connectivity index is 1.91. The number of benzene rings is 2. The second kappa shape index (κ2) is 8.06. The first-order valence-corrected chi connectivity index (χ1v) is 9.61. The van der Waals surface area contributed by atoms with Crippen molar-refractivity contribution in [2.75, 3.05) is 6.61 Å². The van der Waals surface area contributed by atoms with Crippen molar-refractivity contribution in [3.63, 3.8) is 0 Å². The lowest BCUT2D eigenvalue weighted by molar-refractivity contribution is -0.150. The zero-order chi connectivity index (χ0) is 17.8. The van der Waals surface area contributed by atoms with Crippen molar-refractivity contribution in [2.45, 2.75) is 23.2 Å². The molecule has 6 heteroatoms. The highest BCUT2D eigenvalue weighted by Crippen LogP contribution is 2.44. The van der Waals surface area contributed by atoms with Gasteiger partial charge in [0, 0.05) is 9.37 Å². The van der Waals surface area contributed by atoms with Gasteiger partial charge in [-0.3, -0.25) is 9.59 Å². The van der Waals surface area contributed by atoms with E-state index in [1.54, 1.807) is 6.92 Å². The molecule has 0 saturated carbocycles. The fourth-order valence-corrected chi connectivity index (χ4v) is 4.18. The summed E-state index contributed by atoms with van der Waals surface area (Å²) in [6.45, 7) is 2.02. The summed E-state index contributed by atoms with van der Waals surface area (Å²) in [6, 6.07) is 17.0. The number of carbonyl (C=O) groups excluding carboxylic acids is 2. The average Bonchev–Trinajstić information content (AvgIpc) is 2.93.